The maximum absolute atomic E-state index is 10.8. The van der Waals surface area contributed by atoms with Crippen LogP contribution in [0, 0.1) is 0 Å². The predicted molar refractivity (Wildman–Crippen MR) is 370 cm³/mol. The van der Waals surface area contributed by atoms with Gasteiger partial charge in [0.05, 0.1) is 0 Å². The number of aryl methyl sites for hydroxylation is 4. The molecular formula is C68H116O12P4. The molecule has 0 aromatic heterocycles. The fraction of sp³-hybridized carbons (Fsp3) is 0.588. The molecule has 8 N–H and O–H groups in total. The van der Waals surface area contributed by atoms with Crippen molar-refractivity contribution in [1.29, 1.82) is 0 Å². The van der Waals surface area contributed by atoms with Crippen molar-refractivity contribution < 1.29 is 60.0 Å². The third kappa shape index (κ3) is 28.0. The van der Waals surface area contributed by atoms with Crippen molar-refractivity contribution in [2.75, 3.05) is 0 Å². The quantitative estimate of drug-likeness (QED) is 0.0620. The number of aromatic hydroxyl groups is 4. The van der Waals surface area contributed by atoms with E-state index in [0.29, 0.717) is 48.7 Å². The van der Waals surface area contributed by atoms with Crippen LogP contribution in [-0.2, 0) is 88.2 Å². The number of carbonyl (C=O) groups is 4. The van der Waals surface area contributed by atoms with Crippen molar-refractivity contribution in [3.8, 4) is 23.0 Å². The fourth-order valence-corrected chi connectivity index (χ4v) is 8.93. The molecule has 0 radical (unpaired) electrons. The van der Waals surface area contributed by atoms with Crippen LogP contribution in [-0.4, -0.2) is 64.7 Å². The van der Waals surface area contributed by atoms with Crippen LogP contribution < -0.4 is 0 Å². The zero-order valence-electron chi connectivity index (χ0n) is 56.3. The Morgan fingerprint density at radius 2 is 0.345 bits per heavy atom. The minimum atomic E-state index is -0.798. The van der Waals surface area contributed by atoms with Gasteiger partial charge in [0.15, 0.2) is 0 Å². The first-order chi connectivity index (χ1) is 35.7. The van der Waals surface area contributed by atoms with Crippen LogP contribution in [0.3, 0.4) is 0 Å². The monoisotopic (exact) mass is 1250 g/mol. The Labute approximate surface area is 520 Å². The zero-order valence-corrected chi connectivity index (χ0v) is 62.0. The van der Waals surface area contributed by atoms with Gasteiger partial charge in [-0.3, -0.25) is 19.2 Å². The molecule has 0 aliphatic rings. The molecular weight excluding hydrogens is 1130 g/mol. The summed E-state index contributed by atoms with van der Waals surface area (Å²) in [6.45, 7) is 49.2. The van der Waals surface area contributed by atoms with E-state index < -0.39 is 23.9 Å². The lowest BCUT2D eigenvalue weighted by atomic mass is 9.78. The minimum Gasteiger partial charge on any atom is -0.507 e. The summed E-state index contributed by atoms with van der Waals surface area (Å²) in [5.74, 6) is -1.85. The Morgan fingerprint density at radius 1 is 0.250 bits per heavy atom. The van der Waals surface area contributed by atoms with Crippen molar-refractivity contribution in [3.63, 3.8) is 0 Å². The SMILES string of the molecule is CC(C)(C)c1cc(CCC(=O)O)cc(C(C)(C)C)c1O.CC(C)(C)c1cc(CCC(=O)O)cc(C(C)(C)C)c1O.CC(C)(C)c1cc(CCC(=O)O)cc(C(C)(C)C)c1O.CC(C)(C)c1cc(CCC(=O)O)cc(C(C)(C)C)c1O.P.P.P.P. The third-order valence-corrected chi connectivity index (χ3v) is 13.7. The first-order valence-corrected chi connectivity index (χ1v) is 28.1. The minimum absolute atomic E-state index is 0. The molecule has 16 heteroatoms. The van der Waals surface area contributed by atoms with E-state index in [4.69, 9.17) is 20.4 Å². The first-order valence-electron chi connectivity index (χ1n) is 28.1. The summed E-state index contributed by atoms with van der Waals surface area (Å²) in [4.78, 5) is 43.0. The molecule has 0 spiro atoms. The third-order valence-electron chi connectivity index (χ3n) is 13.7. The molecule has 4 unspecified atom stereocenters. The average molecular weight is 1250 g/mol. The van der Waals surface area contributed by atoms with E-state index >= 15 is 0 Å². The lowest BCUT2D eigenvalue weighted by Crippen LogP contribution is -2.18. The fourth-order valence-electron chi connectivity index (χ4n) is 8.93. The zero-order chi connectivity index (χ0) is 62.9. The summed E-state index contributed by atoms with van der Waals surface area (Å²) in [5.41, 5.74) is 9.51. The number of aliphatic carboxylic acids is 4. The summed E-state index contributed by atoms with van der Waals surface area (Å²) in [6.07, 6.45) is 2.39. The van der Waals surface area contributed by atoms with Gasteiger partial charge in [0.1, 0.15) is 23.0 Å². The molecule has 4 rings (SSSR count). The lowest BCUT2D eigenvalue weighted by molar-refractivity contribution is -0.138. The van der Waals surface area contributed by atoms with Crippen molar-refractivity contribution in [3.05, 3.63) is 115 Å². The number of hydrogen-bond donors (Lipinski definition) is 8. The first kappa shape index (κ1) is 86.1. The largest absolute Gasteiger partial charge is 0.507 e. The normalized spacial score (nSPS) is 11.9. The number of phenols is 4. The summed E-state index contributed by atoms with van der Waals surface area (Å²) >= 11 is 0. The number of carboxylic acids is 4. The van der Waals surface area contributed by atoms with Crippen LogP contribution in [0.5, 0.6) is 23.0 Å². The molecule has 480 valence electrons. The Kier molecular flexibility index (Phi) is 34.0. The van der Waals surface area contributed by atoms with Crippen LogP contribution in [0.2, 0.25) is 0 Å². The van der Waals surface area contributed by atoms with Crippen LogP contribution >= 0.6 is 39.6 Å². The van der Waals surface area contributed by atoms with Gasteiger partial charge in [-0.25, -0.2) is 0 Å². The van der Waals surface area contributed by atoms with Gasteiger partial charge in [0, 0.05) is 25.7 Å². The highest BCUT2D eigenvalue weighted by molar-refractivity contribution is 6.92. The summed E-state index contributed by atoms with van der Waals surface area (Å²) in [7, 11) is 0. The maximum Gasteiger partial charge on any atom is 0.303 e. The molecule has 0 fully saturated rings. The van der Waals surface area contributed by atoms with Gasteiger partial charge in [0.25, 0.3) is 0 Å². The number of rotatable bonds is 12. The van der Waals surface area contributed by atoms with Crippen LogP contribution in [0.1, 0.15) is 259 Å². The van der Waals surface area contributed by atoms with E-state index in [1.807, 2.05) is 48.5 Å². The summed E-state index contributed by atoms with van der Waals surface area (Å²) in [5, 5.41) is 77.5. The van der Waals surface area contributed by atoms with Gasteiger partial charge >= 0.3 is 23.9 Å². The number of carboxylic acid groups (broad SMARTS) is 4. The number of hydrogen-bond acceptors (Lipinski definition) is 8. The molecule has 4 atom stereocenters. The molecule has 4 aromatic rings. The molecule has 0 aliphatic heterocycles. The molecule has 0 saturated heterocycles. The summed E-state index contributed by atoms with van der Waals surface area (Å²) in [6, 6.07) is 15.5. The van der Waals surface area contributed by atoms with Gasteiger partial charge in [-0.2, -0.15) is 39.6 Å². The van der Waals surface area contributed by atoms with E-state index in [2.05, 4.69) is 166 Å². The van der Waals surface area contributed by atoms with Crippen molar-refractivity contribution in [1.82, 2.24) is 0 Å². The van der Waals surface area contributed by atoms with Crippen LogP contribution in [0.4, 0.5) is 0 Å². The van der Waals surface area contributed by atoms with Crippen molar-refractivity contribution >= 4 is 63.5 Å². The van der Waals surface area contributed by atoms with Crippen LogP contribution in [0.25, 0.3) is 0 Å². The molecule has 4 aromatic carbocycles. The Morgan fingerprint density at radius 3 is 0.417 bits per heavy atom. The smallest absolute Gasteiger partial charge is 0.303 e. The Balaban J connectivity index is -0.000000500. The number of phenolic OH excluding ortho intramolecular Hbond substituents is 4. The average Bonchev–Trinajstić information content (AvgIpc) is 3.24. The molecule has 12 nitrogen and oxygen atoms in total. The summed E-state index contributed by atoms with van der Waals surface area (Å²) < 4.78 is 0. The Bertz CT molecular complexity index is 2270. The molecule has 0 bridgehead atoms. The molecule has 0 heterocycles. The van der Waals surface area contributed by atoms with Gasteiger partial charge in [-0.05, 0) is 136 Å². The number of benzene rings is 4. The second kappa shape index (κ2) is 33.1. The van der Waals surface area contributed by atoms with Crippen molar-refractivity contribution in [2.45, 2.75) is 261 Å². The molecule has 84 heavy (non-hydrogen) atoms. The van der Waals surface area contributed by atoms with E-state index in [-0.39, 0.29) is 109 Å². The van der Waals surface area contributed by atoms with Gasteiger partial charge in [-0.1, -0.05) is 215 Å². The lowest BCUT2D eigenvalue weighted by Gasteiger charge is -2.28. The molecule has 0 aliphatic carbocycles. The standard InChI is InChI=1S/4C17H26O3.4H3P/c4*1-16(2,3)12-9-11(7-8-14(18)19)10-13(15(12)20)17(4,5)6;;;;/h4*9-10,20H,7-8H2,1-6H3,(H,18,19);4*1H3. The van der Waals surface area contributed by atoms with Crippen LogP contribution in [0.15, 0.2) is 48.5 Å². The van der Waals surface area contributed by atoms with Gasteiger partial charge in [-0.15, -0.1) is 0 Å². The topological polar surface area (TPSA) is 230 Å². The molecule has 0 amide bonds. The Hall–Kier alpha value is -4.32. The second-order valence-corrected chi connectivity index (χ2v) is 29.7. The highest BCUT2D eigenvalue weighted by Gasteiger charge is 2.31. The predicted octanol–water partition coefficient (Wildman–Crippen LogP) is 16.2. The highest BCUT2D eigenvalue weighted by atomic mass is 31.0. The van der Waals surface area contributed by atoms with E-state index in [1.165, 1.54) is 0 Å². The van der Waals surface area contributed by atoms with Gasteiger partial charge in [0.2, 0.25) is 0 Å². The van der Waals surface area contributed by atoms with Gasteiger partial charge < -0.3 is 40.9 Å². The van der Waals surface area contributed by atoms with E-state index in [9.17, 15) is 39.6 Å². The molecule has 0 saturated carbocycles. The maximum atomic E-state index is 10.8. The van der Waals surface area contributed by atoms with E-state index in [1.54, 1.807) is 0 Å². The second-order valence-electron chi connectivity index (χ2n) is 29.7. The van der Waals surface area contributed by atoms with Crippen molar-refractivity contribution in [2.24, 2.45) is 0 Å². The highest BCUT2D eigenvalue weighted by Crippen LogP contribution is 2.44. The van der Waals surface area contributed by atoms with E-state index in [0.717, 1.165) is 66.8 Å².